The second-order valence-electron chi connectivity index (χ2n) is 5.55. The number of anilines is 1. The molecule has 0 atom stereocenters. The van der Waals surface area contributed by atoms with Gasteiger partial charge in [-0.25, -0.2) is 0 Å². The largest absolute Gasteiger partial charge is 0.304 e. The van der Waals surface area contributed by atoms with Crippen LogP contribution in [-0.2, 0) is 6.54 Å². The van der Waals surface area contributed by atoms with Gasteiger partial charge >= 0.3 is 0 Å². The molecule has 120 valence electrons. The van der Waals surface area contributed by atoms with Crippen molar-refractivity contribution >= 4 is 23.2 Å². The first-order valence-corrected chi connectivity index (χ1v) is 8.05. The Morgan fingerprint density at radius 3 is 2.58 bits per heavy atom. The van der Waals surface area contributed by atoms with E-state index in [0.29, 0.717) is 17.1 Å². The molecule has 3 aromatic rings. The van der Waals surface area contributed by atoms with Crippen LogP contribution in [0.5, 0.6) is 0 Å². The lowest BCUT2D eigenvalue weighted by atomic mass is 10.1. The van der Waals surface area contributed by atoms with Crippen molar-refractivity contribution in [3.8, 4) is 0 Å². The molecule has 0 saturated heterocycles. The van der Waals surface area contributed by atoms with Crippen LogP contribution in [0.3, 0.4) is 0 Å². The van der Waals surface area contributed by atoms with Crippen LogP contribution in [-0.4, -0.2) is 10.9 Å². The average Bonchev–Trinajstić information content (AvgIpc) is 2.60. The molecule has 3 rings (SSSR count). The highest BCUT2D eigenvalue weighted by atomic mass is 35.5. The third-order valence-electron chi connectivity index (χ3n) is 3.79. The van der Waals surface area contributed by atoms with Crippen molar-refractivity contribution in [2.45, 2.75) is 13.5 Å². The van der Waals surface area contributed by atoms with E-state index < -0.39 is 0 Å². The molecule has 1 amide bonds. The maximum atomic E-state index is 13.1. The highest BCUT2D eigenvalue weighted by Crippen LogP contribution is 2.22. The van der Waals surface area contributed by atoms with Crippen molar-refractivity contribution in [2.24, 2.45) is 0 Å². The van der Waals surface area contributed by atoms with E-state index in [1.54, 1.807) is 23.4 Å². The molecule has 0 bridgehead atoms. The Hall–Kier alpha value is -2.65. The second-order valence-corrected chi connectivity index (χ2v) is 5.98. The number of nitrogens with zero attached hydrogens (tertiary/aromatic N) is 2. The molecule has 0 aliphatic rings. The van der Waals surface area contributed by atoms with Crippen LogP contribution in [0.15, 0.2) is 73.1 Å². The van der Waals surface area contributed by atoms with Crippen molar-refractivity contribution in [2.75, 3.05) is 4.90 Å². The van der Waals surface area contributed by atoms with Crippen LogP contribution >= 0.6 is 11.6 Å². The summed E-state index contributed by atoms with van der Waals surface area (Å²) in [4.78, 5) is 18.9. The van der Waals surface area contributed by atoms with Crippen LogP contribution in [0.2, 0.25) is 5.02 Å². The zero-order chi connectivity index (χ0) is 16.9. The molecule has 0 spiro atoms. The first-order chi connectivity index (χ1) is 11.6. The Bertz CT molecular complexity index is 849. The Kier molecular flexibility index (Phi) is 4.92. The Labute approximate surface area is 146 Å². The first-order valence-electron chi connectivity index (χ1n) is 7.67. The van der Waals surface area contributed by atoms with Crippen molar-refractivity contribution < 1.29 is 4.79 Å². The summed E-state index contributed by atoms with van der Waals surface area (Å²) >= 11 is 6.08. The Morgan fingerprint density at radius 2 is 1.88 bits per heavy atom. The lowest BCUT2D eigenvalue weighted by Crippen LogP contribution is -2.31. The van der Waals surface area contributed by atoms with E-state index in [2.05, 4.69) is 4.98 Å². The number of amides is 1. The van der Waals surface area contributed by atoms with E-state index in [9.17, 15) is 4.79 Å². The first kappa shape index (κ1) is 16.2. The standard InChI is InChI=1S/C20H17ClN2O/c1-15-13-22-11-10-19(15)20(24)23(18-8-3-2-4-9-18)14-16-6-5-7-17(21)12-16/h2-13H,14H2,1H3. The van der Waals surface area contributed by atoms with Gasteiger partial charge in [0.25, 0.3) is 5.91 Å². The van der Waals surface area contributed by atoms with Crippen molar-refractivity contribution in [1.82, 2.24) is 4.98 Å². The van der Waals surface area contributed by atoms with Crippen LogP contribution in [0.25, 0.3) is 0 Å². The normalized spacial score (nSPS) is 10.4. The minimum absolute atomic E-state index is 0.0546. The summed E-state index contributed by atoms with van der Waals surface area (Å²) in [5, 5.41) is 0.660. The van der Waals surface area contributed by atoms with Gasteiger partial charge in [-0.3, -0.25) is 9.78 Å². The molecule has 1 aromatic heterocycles. The summed E-state index contributed by atoms with van der Waals surface area (Å²) in [6.07, 6.45) is 3.35. The summed E-state index contributed by atoms with van der Waals surface area (Å²) in [6.45, 7) is 2.34. The molecule has 0 fully saturated rings. The monoisotopic (exact) mass is 336 g/mol. The molecule has 0 aliphatic carbocycles. The maximum absolute atomic E-state index is 13.1. The fraction of sp³-hybridized carbons (Fsp3) is 0.100. The number of aryl methyl sites for hydroxylation is 1. The van der Waals surface area contributed by atoms with Gasteiger partial charge in [0.15, 0.2) is 0 Å². The predicted molar refractivity (Wildman–Crippen MR) is 97.4 cm³/mol. The van der Waals surface area contributed by atoms with E-state index in [0.717, 1.165) is 16.8 Å². The number of carbonyl (C=O) groups is 1. The van der Waals surface area contributed by atoms with Crippen LogP contribution in [0.4, 0.5) is 5.69 Å². The Balaban J connectivity index is 1.99. The number of carbonyl (C=O) groups excluding carboxylic acids is 1. The summed E-state index contributed by atoms with van der Waals surface area (Å²) in [5.74, 6) is -0.0546. The molecule has 24 heavy (non-hydrogen) atoms. The molecule has 0 unspecified atom stereocenters. The maximum Gasteiger partial charge on any atom is 0.258 e. The fourth-order valence-corrected chi connectivity index (χ4v) is 2.78. The topological polar surface area (TPSA) is 33.2 Å². The van der Waals surface area contributed by atoms with E-state index in [-0.39, 0.29) is 5.91 Å². The van der Waals surface area contributed by atoms with E-state index in [1.165, 1.54) is 0 Å². The van der Waals surface area contributed by atoms with E-state index >= 15 is 0 Å². The number of hydrogen-bond acceptors (Lipinski definition) is 2. The van der Waals surface area contributed by atoms with Crippen LogP contribution in [0, 0.1) is 6.92 Å². The molecule has 2 aromatic carbocycles. The van der Waals surface area contributed by atoms with Gasteiger partial charge in [0.1, 0.15) is 0 Å². The number of pyridine rings is 1. The molecule has 0 aliphatic heterocycles. The number of rotatable bonds is 4. The second kappa shape index (κ2) is 7.28. The molecule has 4 heteroatoms. The Morgan fingerprint density at radius 1 is 1.08 bits per heavy atom. The lowest BCUT2D eigenvalue weighted by Gasteiger charge is -2.24. The third-order valence-corrected chi connectivity index (χ3v) is 4.03. The zero-order valence-electron chi connectivity index (χ0n) is 13.3. The molecule has 3 nitrogen and oxygen atoms in total. The minimum atomic E-state index is -0.0546. The number of benzene rings is 2. The van der Waals surface area contributed by atoms with Gasteiger partial charge in [-0.15, -0.1) is 0 Å². The van der Waals surface area contributed by atoms with Gasteiger partial charge in [0.05, 0.1) is 6.54 Å². The van der Waals surface area contributed by atoms with Crippen LogP contribution < -0.4 is 4.90 Å². The molecular formula is C20H17ClN2O. The molecule has 0 saturated carbocycles. The van der Waals surface area contributed by atoms with E-state index in [1.807, 2.05) is 61.5 Å². The quantitative estimate of drug-likeness (QED) is 0.679. The lowest BCUT2D eigenvalue weighted by molar-refractivity contribution is 0.0984. The van der Waals surface area contributed by atoms with Gasteiger partial charge < -0.3 is 4.90 Å². The summed E-state index contributed by atoms with van der Waals surface area (Å²) in [7, 11) is 0. The average molecular weight is 337 g/mol. The minimum Gasteiger partial charge on any atom is -0.304 e. The molecule has 1 heterocycles. The summed E-state index contributed by atoms with van der Waals surface area (Å²) in [6, 6.07) is 19.0. The van der Waals surface area contributed by atoms with Gasteiger partial charge in [0.2, 0.25) is 0 Å². The summed E-state index contributed by atoms with van der Waals surface area (Å²) in [5.41, 5.74) is 3.33. The zero-order valence-corrected chi connectivity index (χ0v) is 14.1. The number of halogens is 1. The molecule has 0 N–H and O–H groups in total. The highest BCUT2D eigenvalue weighted by molar-refractivity contribution is 6.30. The van der Waals surface area contributed by atoms with Gasteiger partial charge in [-0.05, 0) is 48.4 Å². The van der Waals surface area contributed by atoms with Crippen molar-refractivity contribution in [1.29, 1.82) is 0 Å². The third kappa shape index (κ3) is 3.63. The van der Waals surface area contributed by atoms with Gasteiger partial charge in [-0.2, -0.15) is 0 Å². The highest BCUT2D eigenvalue weighted by Gasteiger charge is 2.19. The number of aromatic nitrogens is 1. The number of para-hydroxylation sites is 1. The predicted octanol–water partition coefficient (Wildman–Crippen LogP) is 4.89. The molecular weight excluding hydrogens is 320 g/mol. The SMILES string of the molecule is Cc1cnccc1C(=O)N(Cc1cccc(Cl)c1)c1ccccc1. The summed E-state index contributed by atoms with van der Waals surface area (Å²) < 4.78 is 0. The van der Waals surface area contributed by atoms with Crippen LogP contribution in [0.1, 0.15) is 21.5 Å². The number of hydrogen-bond donors (Lipinski definition) is 0. The fourth-order valence-electron chi connectivity index (χ4n) is 2.56. The van der Waals surface area contributed by atoms with E-state index in [4.69, 9.17) is 11.6 Å². The van der Waals surface area contributed by atoms with Crippen molar-refractivity contribution in [3.05, 3.63) is 94.8 Å². The van der Waals surface area contributed by atoms with Crippen molar-refractivity contribution in [3.63, 3.8) is 0 Å². The molecule has 0 radical (unpaired) electrons. The smallest absolute Gasteiger partial charge is 0.258 e. The van der Waals surface area contributed by atoms with Gasteiger partial charge in [-0.1, -0.05) is 41.9 Å². The van der Waals surface area contributed by atoms with Gasteiger partial charge in [0, 0.05) is 28.7 Å².